The van der Waals surface area contributed by atoms with Crippen molar-refractivity contribution in [3.05, 3.63) is 102 Å². The summed E-state index contributed by atoms with van der Waals surface area (Å²) in [6.07, 6.45) is 9.94. The first kappa shape index (κ1) is 19.3. The zero-order valence-electron chi connectivity index (χ0n) is 18.0. The average Bonchev–Trinajstić information content (AvgIpc) is 2.85. The van der Waals surface area contributed by atoms with Crippen molar-refractivity contribution in [1.82, 2.24) is 34.9 Å². The van der Waals surface area contributed by atoms with Gasteiger partial charge in [0, 0.05) is 36.8 Å². The van der Waals surface area contributed by atoms with Crippen LogP contribution in [-0.4, -0.2) is 34.9 Å². The van der Waals surface area contributed by atoms with Crippen molar-refractivity contribution >= 4 is 33.0 Å². The van der Waals surface area contributed by atoms with E-state index in [0.717, 1.165) is 61.0 Å². The van der Waals surface area contributed by atoms with Gasteiger partial charge >= 0.3 is 0 Å². The minimum Gasteiger partial charge on any atom is -0.254 e. The average molecular weight is 429 g/mol. The van der Waals surface area contributed by atoms with Crippen LogP contribution in [0.2, 0.25) is 0 Å². The van der Waals surface area contributed by atoms with Crippen LogP contribution in [0.4, 0.5) is 0 Å². The largest absolute Gasteiger partial charge is 0.254 e. The van der Waals surface area contributed by atoms with E-state index in [1.807, 2.05) is 61.9 Å². The Morgan fingerprint density at radius 1 is 0.545 bits per heavy atom. The van der Waals surface area contributed by atoms with E-state index in [9.17, 15) is 0 Å². The molecule has 0 spiro atoms. The van der Waals surface area contributed by atoms with E-state index >= 15 is 0 Å². The standard InChI is InChI=1S/C26H19N7/c1-16-6-9-28-24-18(7-10-27-23(16)24)13-22-26-25(33-15-32-22)17(8-11-29-26)12-21-19-4-2-3-5-20(19)30-14-31-21/h2-11,14-15H,12-13H2,1H3. The molecule has 33 heavy (non-hydrogen) atoms. The second-order valence-electron chi connectivity index (χ2n) is 7.97. The molecule has 7 heteroatoms. The monoisotopic (exact) mass is 429 g/mol. The summed E-state index contributed by atoms with van der Waals surface area (Å²) in [5.41, 5.74) is 9.44. The Hall–Kier alpha value is -4.39. The number of nitrogens with zero attached hydrogens (tertiary/aromatic N) is 7. The summed E-state index contributed by atoms with van der Waals surface area (Å²) >= 11 is 0. The quantitative estimate of drug-likeness (QED) is 0.410. The summed E-state index contributed by atoms with van der Waals surface area (Å²) < 4.78 is 0. The number of para-hydroxylation sites is 1. The van der Waals surface area contributed by atoms with Crippen LogP contribution in [0.25, 0.3) is 33.0 Å². The molecule has 0 saturated carbocycles. The molecule has 6 rings (SSSR count). The third kappa shape index (κ3) is 3.43. The van der Waals surface area contributed by atoms with Gasteiger partial charge in [-0.1, -0.05) is 18.2 Å². The molecular formula is C26H19N7. The van der Waals surface area contributed by atoms with Gasteiger partial charge < -0.3 is 0 Å². The smallest absolute Gasteiger partial charge is 0.116 e. The van der Waals surface area contributed by atoms with Crippen LogP contribution >= 0.6 is 0 Å². The predicted octanol–water partition coefficient (Wildman–Crippen LogP) is 4.40. The maximum atomic E-state index is 4.65. The van der Waals surface area contributed by atoms with E-state index in [4.69, 9.17) is 0 Å². The van der Waals surface area contributed by atoms with Crippen molar-refractivity contribution in [2.45, 2.75) is 19.8 Å². The van der Waals surface area contributed by atoms with Gasteiger partial charge in [0.05, 0.1) is 33.5 Å². The Bertz CT molecular complexity index is 1640. The van der Waals surface area contributed by atoms with Crippen LogP contribution in [0, 0.1) is 6.92 Å². The Labute approximate surface area is 189 Å². The Morgan fingerprint density at radius 3 is 2.06 bits per heavy atom. The molecule has 0 bridgehead atoms. The SMILES string of the molecule is Cc1ccnc2c(Cc3ncnc4c(Cc5ncnc6ccccc56)ccnc34)ccnc12. The summed E-state index contributed by atoms with van der Waals surface area (Å²) in [4.78, 5) is 31.8. The number of benzene rings is 1. The van der Waals surface area contributed by atoms with Gasteiger partial charge in [0.15, 0.2) is 0 Å². The summed E-state index contributed by atoms with van der Waals surface area (Å²) in [5.74, 6) is 0. The first-order valence-electron chi connectivity index (χ1n) is 10.7. The minimum atomic E-state index is 0.599. The van der Waals surface area contributed by atoms with Gasteiger partial charge in [0.1, 0.15) is 18.2 Å². The Kier molecular flexibility index (Phi) is 4.65. The van der Waals surface area contributed by atoms with E-state index in [1.54, 1.807) is 12.7 Å². The van der Waals surface area contributed by atoms with Crippen molar-refractivity contribution in [1.29, 1.82) is 0 Å². The lowest BCUT2D eigenvalue weighted by Gasteiger charge is -2.10. The zero-order chi connectivity index (χ0) is 22.2. The van der Waals surface area contributed by atoms with E-state index < -0.39 is 0 Å². The molecule has 0 amide bonds. The van der Waals surface area contributed by atoms with Crippen molar-refractivity contribution < 1.29 is 0 Å². The van der Waals surface area contributed by atoms with E-state index in [1.165, 1.54) is 0 Å². The molecule has 0 N–H and O–H groups in total. The number of hydrogen-bond donors (Lipinski definition) is 0. The summed E-state index contributed by atoms with van der Waals surface area (Å²) in [5, 5.41) is 1.05. The maximum Gasteiger partial charge on any atom is 0.116 e. The summed E-state index contributed by atoms with van der Waals surface area (Å²) in [7, 11) is 0. The number of rotatable bonds is 4. The van der Waals surface area contributed by atoms with Crippen LogP contribution in [0.3, 0.4) is 0 Å². The summed E-state index contributed by atoms with van der Waals surface area (Å²) in [6, 6.07) is 14.0. The molecule has 6 aromatic rings. The molecule has 5 aromatic heterocycles. The van der Waals surface area contributed by atoms with Gasteiger partial charge in [0.25, 0.3) is 0 Å². The first-order valence-corrected chi connectivity index (χ1v) is 10.7. The van der Waals surface area contributed by atoms with Crippen LogP contribution in [0.15, 0.2) is 73.7 Å². The molecule has 5 heterocycles. The highest BCUT2D eigenvalue weighted by molar-refractivity contribution is 5.85. The Morgan fingerprint density at radius 2 is 1.18 bits per heavy atom. The summed E-state index contributed by atoms with van der Waals surface area (Å²) in [6.45, 7) is 2.05. The van der Waals surface area contributed by atoms with Crippen LogP contribution in [-0.2, 0) is 12.8 Å². The number of fused-ring (bicyclic) bond motifs is 3. The van der Waals surface area contributed by atoms with Crippen molar-refractivity contribution in [3.63, 3.8) is 0 Å². The molecular weight excluding hydrogens is 410 g/mol. The normalized spacial score (nSPS) is 11.4. The fourth-order valence-electron chi connectivity index (χ4n) is 4.27. The molecule has 7 nitrogen and oxygen atoms in total. The molecule has 0 radical (unpaired) electrons. The van der Waals surface area contributed by atoms with Crippen molar-refractivity contribution in [2.75, 3.05) is 0 Å². The maximum absolute atomic E-state index is 4.65. The van der Waals surface area contributed by atoms with E-state index in [0.29, 0.717) is 12.8 Å². The number of pyridine rings is 3. The predicted molar refractivity (Wildman–Crippen MR) is 127 cm³/mol. The highest BCUT2D eigenvalue weighted by Crippen LogP contribution is 2.25. The molecule has 158 valence electrons. The molecule has 0 atom stereocenters. The molecule has 1 aromatic carbocycles. The topological polar surface area (TPSA) is 90.2 Å². The van der Waals surface area contributed by atoms with Crippen LogP contribution < -0.4 is 0 Å². The first-order chi connectivity index (χ1) is 16.3. The van der Waals surface area contributed by atoms with Crippen molar-refractivity contribution in [3.8, 4) is 0 Å². The number of aromatic nitrogens is 7. The highest BCUT2D eigenvalue weighted by Gasteiger charge is 2.14. The van der Waals surface area contributed by atoms with Crippen LogP contribution in [0.5, 0.6) is 0 Å². The molecule has 0 aliphatic rings. The second kappa shape index (κ2) is 7.94. The van der Waals surface area contributed by atoms with Gasteiger partial charge in [-0.2, -0.15) is 0 Å². The van der Waals surface area contributed by atoms with Gasteiger partial charge in [-0.05, 0) is 47.9 Å². The van der Waals surface area contributed by atoms with Gasteiger partial charge in [-0.15, -0.1) is 0 Å². The number of hydrogen-bond acceptors (Lipinski definition) is 7. The van der Waals surface area contributed by atoms with Crippen molar-refractivity contribution in [2.24, 2.45) is 0 Å². The second-order valence-corrected chi connectivity index (χ2v) is 7.97. The molecule has 0 aliphatic heterocycles. The van der Waals surface area contributed by atoms with Crippen LogP contribution in [0.1, 0.15) is 28.1 Å². The van der Waals surface area contributed by atoms with Gasteiger partial charge in [-0.25, -0.2) is 19.9 Å². The van der Waals surface area contributed by atoms with E-state index in [-0.39, 0.29) is 0 Å². The molecule has 0 fully saturated rings. The third-order valence-electron chi connectivity index (χ3n) is 5.93. The zero-order valence-corrected chi connectivity index (χ0v) is 18.0. The molecule has 0 aliphatic carbocycles. The van der Waals surface area contributed by atoms with Gasteiger partial charge in [-0.3, -0.25) is 15.0 Å². The number of aryl methyl sites for hydroxylation is 1. The molecule has 0 unspecified atom stereocenters. The fourth-order valence-corrected chi connectivity index (χ4v) is 4.27. The fraction of sp³-hybridized carbons (Fsp3) is 0.115. The van der Waals surface area contributed by atoms with Gasteiger partial charge in [0.2, 0.25) is 0 Å². The molecule has 0 saturated heterocycles. The Balaban J connectivity index is 1.44. The lowest BCUT2D eigenvalue weighted by Crippen LogP contribution is -2.03. The lowest BCUT2D eigenvalue weighted by atomic mass is 10.0. The minimum absolute atomic E-state index is 0.599. The third-order valence-corrected chi connectivity index (χ3v) is 5.93. The lowest BCUT2D eigenvalue weighted by molar-refractivity contribution is 1.03. The van der Waals surface area contributed by atoms with E-state index in [2.05, 4.69) is 41.0 Å². The highest BCUT2D eigenvalue weighted by atomic mass is 14.9.